The van der Waals surface area contributed by atoms with Gasteiger partial charge in [-0.05, 0) is 36.8 Å². The van der Waals surface area contributed by atoms with Crippen molar-refractivity contribution in [3.05, 3.63) is 63.6 Å². The van der Waals surface area contributed by atoms with E-state index in [9.17, 15) is 19.2 Å². The second-order valence-electron chi connectivity index (χ2n) is 6.15. The van der Waals surface area contributed by atoms with E-state index < -0.39 is 30.3 Å². The third-order valence-corrected chi connectivity index (χ3v) is 4.55. The number of nitrogens with one attached hydrogen (secondary N) is 3. The van der Waals surface area contributed by atoms with Crippen molar-refractivity contribution in [3.8, 4) is 0 Å². The zero-order chi connectivity index (χ0) is 22.1. The minimum atomic E-state index is -0.736. The molecule has 10 heteroatoms. The van der Waals surface area contributed by atoms with E-state index in [0.29, 0.717) is 10.7 Å². The van der Waals surface area contributed by atoms with E-state index in [1.165, 1.54) is 12.1 Å². The topological polar surface area (TPSA) is 114 Å². The number of amides is 3. The molecule has 2 aromatic carbocycles. The Kier molecular flexibility index (Phi) is 8.64. The summed E-state index contributed by atoms with van der Waals surface area (Å²) < 4.78 is 4.82. The number of hydrazine groups is 1. The van der Waals surface area contributed by atoms with Crippen molar-refractivity contribution in [2.75, 3.05) is 11.9 Å². The number of halogens is 2. The minimum Gasteiger partial charge on any atom is -0.456 e. The molecule has 0 fully saturated rings. The number of carbonyl (C=O) groups is 4. The molecular weight excluding hydrogens is 433 g/mol. The number of rotatable bonds is 7. The quantitative estimate of drug-likeness (QED) is 0.442. The van der Waals surface area contributed by atoms with Gasteiger partial charge in [-0.2, -0.15) is 0 Å². The third kappa shape index (κ3) is 7.38. The van der Waals surface area contributed by atoms with Gasteiger partial charge in [-0.1, -0.05) is 41.4 Å². The smallest absolute Gasteiger partial charge is 0.306 e. The van der Waals surface area contributed by atoms with Gasteiger partial charge in [0.1, 0.15) is 0 Å². The molecular formula is C20H19Cl2N3O5. The highest BCUT2D eigenvalue weighted by molar-refractivity contribution is 6.33. The van der Waals surface area contributed by atoms with Crippen molar-refractivity contribution in [3.63, 3.8) is 0 Å². The van der Waals surface area contributed by atoms with Gasteiger partial charge in [-0.25, -0.2) is 0 Å². The van der Waals surface area contributed by atoms with Crippen molar-refractivity contribution in [1.29, 1.82) is 0 Å². The van der Waals surface area contributed by atoms with Gasteiger partial charge in [-0.15, -0.1) is 0 Å². The summed E-state index contributed by atoms with van der Waals surface area (Å²) in [7, 11) is 0. The summed E-state index contributed by atoms with van der Waals surface area (Å²) in [6, 6.07) is 11.3. The lowest BCUT2D eigenvalue weighted by Gasteiger charge is -2.09. The van der Waals surface area contributed by atoms with Crippen LogP contribution in [0, 0.1) is 6.92 Å². The van der Waals surface area contributed by atoms with E-state index in [4.69, 9.17) is 27.9 Å². The van der Waals surface area contributed by atoms with Gasteiger partial charge < -0.3 is 10.1 Å². The molecule has 0 saturated carbocycles. The Morgan fingerprint density at radius 1 is 0.900 bits per heavy atom. The SMILES string of the molecule is Cc1ccc(NC(=O)COC(=O)CCC(=O)NNC(=O)c2ccccc2Cl)cc1Cl. The van der Waals surface area contributed by atoms with Crippen molar-refractivity contribution in [1.82, 2.24) is 10.9 Å². The number of benzene rings is 2. The van der Waals surface area contributed by atoms with Gasteiger partial charge in [0, 0.05) is 17.1 Å². The van der Waals surface area contributed by atoms with Crippen LogP contribution < -0.4 is 16.2 Å². The molecule has 2 rings (SSSR count). The average Bonchev–Trinajstić information content (AvgIpc) is 2.72. The predicted octanol–water partition coefficient (Wildman–Crippen LogP) is 3.02. The Balaban J connectivity index is 1.66. The lowest BCUT2D eigenvalue weighted by molar-refractivity contribution is -0.148. The monoisotopic (exact) mass is 451 g/mol. The van der Waals surface area contributed by atoms with Crippen LogP contribution >= 0.6 is 23.2 Å². The van der Waals surface area contributed by atoms with Crippen LogP contribution in [-0.2, 0) is 19.1 Å². The lowest BCUT2D eigenvalue weighted by Crippen LogP contribution is -2.41. The predicted molar refractivity (Wildman–Crippen MR) is 112 cm³/mol. The first-order valence-corrected chi connectivity index (χ1v) is 9.57. The number of hydrogen-bond donors (Lipinski definition) is 3. The maximum Gasteiger partial charge on any atom is 0.306 e. The molecule has 3 N–H and O–H groups in total. The Hall–Kier alpha value is -3.10. The molecule has 158 valence electrons. The fraction of sp³-hybridized carbons (Fsp3) is 0.200. The fourth-order valence-corrected chi connectivity index (χ4v) is 2.61. The first-order chi connectivity index (χ1) is 14.3. The van der Waals surface area contributed by atoms with E-state index in [1.807, 2.05) is 6.92 Å². The van der Waals surface area contributed by atoms with Gasteiger partial charge in [0.05, 0.1) is 17.0 Å². The molecule has 8 nitrogen and oxygen atoms in total. The van der Waals surface area contributed by atoms with Crippen molar-refractivity contribution in [2.45, 2.75) is 19.8 Å². The highest BCUT2D eigenvalue weighted by atomic mass is 35.5. The zero-order valence-electron chi connectivity index (χ0n) is 16.0. The average molecular weight is 452 g/mol. The van der Waals surface area contributed by atoms with Crippen LogP contribution in [0.5, 0.6) is 0 Å². The maximum absolute atomic E-state index is 11.9. The van der Waals surface area contributed by atoms with Gasteiger partial charge >= 0.3 is 5.97 Å². The highest BCUT2D eigenvalue weighted by Crippen LogP contribution is 2.19. The third-order valence-electron chi connectivity index (χ3n) is 3.81. The van der Waals surface area contributed by atoms with Gasteiger partial charge in [0.15, 0.2) is 6.61 Å². The molecule has 0 unspecified atom stereocenters. The molecule has 3 amide bonds. The van der Waals surface area contributed by atoms with Crippen LogP contribution in [0.15, 0.2) is 42.5 Å². The van der Waals surface area contributed by atoms with Crippen LogP contribution in [0.3, 0.4) is 0 Å². The molecule has 30 heavy (non-hydrogen) atoms. The van der Waals surface area contributed by atoms with E-state index >= 15 is 0 Å². The van der Waals surface area contributed by atoms with Crippen LogP contribution in [0.2, 0.25) is 10.0 Å². The Bertz CT molecular complexity index is 965. The number of aryl methyl sites for hydroxylation is 1. The van der Waals surface area contributed by atoms with E-state index in [-0.39, 0.29) is 23.4 Å². The summed E-state index contributed by atoms with van der Waals surface area (Å²) in [6.45, 7) is 1.32. The molecule has 0 aromatic heterocycles. The molecule has 2 aromatic rings. The summed E-state index contributed by atoms with van der Waals surface area (Å²) in [5.74, 6) is -2.48. The molecule has 0 aliphatic rings. The number of carbonyl (C=O) groups excluding carboxylic acids is 4. The standard InChI is InChI=1S/C20H19Cl2N3O5/c1-12-6-7-13(10-16(12)22)23-18(27)11-30-19(28)9-8-17(26)24-25-20(29)14-4-2-3-5-15(14)21/h2-7,10H,8-9,11H2,1H3,(H,23,27)(H,24,26)(H,25,29). The molecule has 0 radical (unpaired) electrons. The summed E-state index contributed by atoms with van der Waals surface area (Å²) >= 11 is 11.9. The first-order valence-electron chi connectivity index (χ1n) is 8.81. The molecule has 0 heterocycles. The van der Waals surface area contributed by atoms with Crippen LogP contribution in [0.4, 0.5) is 5.69 Å². The Morgan fingerprint density at radius 2 is 1.63 bits per heavy atom. The Morgan fingerprint density at radius 3 is 2.33 bits per heavy atom. The second-order valence-corrected chi connectivity index (χ2v) is 6.97. The van der Waals surface area contributed by atoms with Crippen LogP contribution in [-0.4, -0.2) is 30.3 Å². The first kappa shape index (κ1) is 23.2. The number of ether oxygens (including phenoxy) is 1. The maximum atomic E-state index is 11.9. The van der Waals surface area contributed by atoms with E-state index in [0.717, 1.165) is 5.56 Å². The molecule has 0 saturated heterocycles. The summed E-state index contributed by atoms with van der Waals surface area (Å²) in [5.41, 5.74) is 5.90. The number of anilines is 1. The largest absolute Gasteiger partial charge is 0.456 e. The Labute approximate surface area is 182 Å². The second kappa shape index (κ2) is 11.2. The molecule has 0 atom stereocenters. The zero-order valence-corrected chi connectivity index (χ0v) is 17.5. The summed E-state index contributed by atoms with van der Waals surface area (Å²) in [4.78, 5) is 47.2. The number of esters is 1. The van der Waals surface area contributed by atoms with Crippen molar-refractivity contribution in [2.24, 2.45) is 0 Å². The van der Waals surface area contributed by atoms with E-state index in [1.54, 1.807) is 30.3 Å². The number of hydrogen-bond acceptors (Lipinski definition) is 5. The minimum absolute atomic E-state index is 0.194. The summed E-state index contributed by atoms with van der Waals surface area (Å²) in [5, 5.41) is 3.28. The van der Waals surface area contributed by atoms with Crippen LogP contribution in [0.1, 0.15) is 28.8 Å². The van der Waals surface area contributed by atoms with Crippen molar-refractivity contribution < 1.29 is 23.9 Å². The molecule has 0 aliphatic heterocycles. The van der Waals surface area contributed by atoms with Crippen LogP contribution in [0.25, 0.3) is 0 Å². The van der Waals surface area contributed by atoms with Gasteiger partial charge in [0.2, 0.25) is 5.91 Å². The van der Waals surface area contributed by atoms with Gasteiger partial charge in [0.25, 0.3) is 11.8 Å². The van der Waals surface area contributed by atoms with Crippen molar-refractivity contribution >= 4 is 52.6 Å². The molecule has 0 spiro atoms. The summed E-state index contributed by atoms with van der Waals surface area (Å²) in [6.07, 6.45) is -0.506. The van der Waals surface area contributed by atoms with E-state index in [2.05, 4.69) is 16.2 Å². The fourth-order valence-electron chi connectivity index (χ4n) is 2.20. The lowest BCUT2D eigenvalue weighted by atomic mass is 10.2. The molecule has 0 bridgehead atoms. The highest BCUT2D eigenvalue weighted by Gasteiger charge is 2.13. The normalized spacial score (nSPS) is 10.1. The van der Waals surface area contributed by atoms with Gasteiger partial charge in [-0.3, -0.25) is 30.0 Å². The molecule has 0 aliphatic carbocycles.